The van der Waals surface area contributed by atoms with E-state index in [1.165, 1.54) is 32.1 Å². The SMILES string of the molecule is CC1(COc2ccnc(NN)c2)CCCCC1. The minimum absolute atomic E-state index is 0.331. The van der Waals surface area contributed by atoms with Gasteiger partial charge >= 0.3 is 0 Å². The molecule has 0 unspecified atom stereocenters. The Hall–Kier alpha value is -1.29. The van der Waals surface area contributed by atoms with Crippen LogP contribution in [0.3, 0.4) is 0 Å². The first kappa shape index (κ1) is 12.2. The van der Waals surface area contributed by atoms with E-state index in [2.05, 4.69) is 17.3 Å². The number of nitrogens with two attached hydrogens (primary N) is 1. The molecule has 4 heteroatoms. The van der Waals surface area contributed by atoms with Gasteiger partial charge in [0.2, 0.25) is 0 Å². The first-order chi connectivity index (χ1) is 8.22. The Morgan fingerprint density at radius 2 is 2.18 bits per heavy atom. The molecule has 0 radical (unpaired) electrons. The summed E-state index contributed by atoms with van der Waals surface area (Å²) >= 11 is 0. The highest BCUT2D eigenvalue weighted by Crippen LogP contribution is 2.36. The van der Waals surface area contributed by atoms with E-state index in [9.17, 15) is 0 Å². The topological polar surface area (TPSA) is 60.2 Å². The average molecular weight is 235 g/mol. The number of anilines is 1. The number of aromatic nitrogens is 1. The van der Waals surface area contributed by atoms with E-state index in [1.54, 1.807) is 6.20 Å². The van der Waals surface area contributed by atoms with Crippen molar-refractivity contribution >= 4 is 5.82 Å². The Morgan fingerprint density at radius 3 is 2.88 bits per heavy atom. The van der Waals surface area contributed by atoms with Crippen LogP contribution in [0.2, 0.25) is 0 Å². The van der Waals surface area contributed by atoms with E-state index in [4.69, 9.17) is 10.6 Å². The Bertz CT molecular complexity index is 361. The van der Waals surface area contributed by atoms with E-state index >= 15 is 0 Å². The Kier molecular flexibility index (Phi) is 3.84. The van der Waals surface area contributed by atoms with Crippen molar-refractivity contribution in [2.45, 2.75) is 39.0 Å². The zero-order valence-corrected chi connectivity index (χ0v) is 10.4. The van der Waals surface area contributed by atoms with Crippen molar-refractivity contribution < 1.29 is 4.74 Å². The molecule has 0 saturated heterocycles. The maximum Gasteiger partial charge on any atom is 0.143 e. The second-order valence-corrected chi connectivity index (χ2v) is 5.18. The molecule has 1 heterocycles. The van der Waals surface area contributed by atoms with E-state index in [0.29, 0.717) is 11.2 Å². The van der Waals surface area contributed by atoms with Crippen LogP contribution in [0.1, 0.15) is 39.0 Å². The van der Waals surface area contributed by atoms with Crippen LogP contribution in [0, 0.1) is 5.41 Å². The highest BCUT2D eigenvalue weighted by molar-refractivity contribution is 5.39. The van der Waals surface area contributed by atoms with Crippen LogP contribution in [0.5, 0.6) is 5.75 Å². The molecular weight excluding hydrogens is 214 g/mol. The molecule has 0 aliphatic heterocycles. The van der Waals surface area contributed by atoms with Gasteiger partial charge in [0.15, 0.2) is 0 Å². The maximum absolute atomic E-state index is 5.86. The number of nitrogen functional groups attached to an aromatic ring is 1. The summed E-state index contributed by atoms with van der Waals surface area (Å²) in [5.74, 6) is 6.78. The molecule has 3 N–H and O–H groups in total. The monoisotopic (exact) mass is 235 g/mol. The summed E-state index contributed by atoms with van der Waals surface area (Å²) in [6.45, 7) is 3.09. The third-order valence-electron chi connectivity index (χ3n) is 3.53. The van der Waals surface area contributed by atoms with Gasteiger partial charge in [-0.05, 0) is 18.9 Å². The van der Waals surface area contributed by atoms with Gasteiger partial charge in [0, 0.05) is 17.7 Å². The van der Waals surface area contributed by atoms with Crippen LogP contribution in [0.15, 0.2) is 18.3 Å². The van der Waals surface area contributed by atoms with E-state index < -0.39 is 0 Å². The molecular formula is C13H21N3O. The molecule has 0 bridgehead atoms. The number of rotatable bonds is 4. The zero-order valence-electron chi connectivity index (χ0n) is 10.4. The molecule has 4 nitrogen and oxygen atoms in total. The van der Waals surface area contributed by atoms with E-state index in [-0.39, 0.29) is 0 Å². The Labute approximate surface area is 103 Å². The smallest absolute Gasteiger partial charge is 0.143 e. The number of ether oxygens (including phenoxy) is 1. The molecule has 1 saturated carbocycles. The Morgan fingerprint density at radius 1 is 1.41 bits per heavy atom. The van der Waals surface area contributed by atoms with Crippen LogP contribution in [-0.4, -0.2) is 11.6 Å². The molecule has 1 aromatic rings. The summed E-state index contributed by atoms with van der Waals surface area (Å²) in [6.07, 6.45) is 8.25. The van der Waals surface area contributed by atoms with Gasteiger partial charge < -0.3 is 10.2 Å². The first-order valence-corrected chi connectivity index (χ1v) is 6.27. The molecule has 1 aromatic heterocycles. The quantitative estimate of drug-likeness (QED) is 0.622. The van der Waals surface area contributed by atoms with Crippen LogP contribution >= 0.6 is 0 Å². The lowest BCUT2D eigenvalue weighted by molar-refractivity contribution is 0.116. The molecule has 1 aliphatic carbocycles. The van der Waals surface area contributed by atoms with Crippen molar-refractivity contribution in [2.75, 3.05) is 12.0 Å². The largest absolute Gasteiger partial charge is 0.493 e. The number of hydrazine groups is 1. The lowest BCUT2D eigenvalue weighted by Gasteiger charge is -2.33. The summed E-state index contributed by atoms with van der Waals surface area (Å²) in [6, 6.07) is 3.69. The number of hydrogen-bond acceptors (Lipinski definition) is 4. The van der Waals surface area contributed by atoms with Crippen molar-refractivity contribution in [3.8, 4) is 5.75 Å². The fourth-order valence-electron chi connectivity index (χ4n) is 2.39. The lowest BCUT2D eigenvalue weighted by atomic mass is 9.76. The van der Waals surface area contributed by atoms with Gasteiger partial charge in [0.05, 0.1) is 6.61 Å². The van der Waals surface area contributed by atoms with Crippen LogP contribution in [0.25, 0.3) is 0 Å². The van der Waals surface area contributed by atoms with Crippen molar-refractivity contribution in [3.05, 3.63) is 18.3 Å². The normalized spacial score (nSPS) is 18.7. The summed E-state index contributed by atoms with van der Waals surface area (Å²) < 4.78 is 5.86. The number of hydrogen-bond donors (Lipinski definition) is 2. The van der Waals surface area contributed by atoms with Gasteiger partial charge in [-0.1, -0.05) is 26.2 Å². The number of nitrogens with zero attached hydrogens (tertiary/aromatic N) is 1. The van der Waals surface area contributed by atoms with Crippen LogP contribution < -0.4 is 16.0 Å². The van der Waals surface area contributed by atoms with Crippen molar-refractivity contribution in [1.82, 2.24) is 4.98 Å². The van der Waals surface area contributed by atoms with Crippen LogP contribution in [0.4, 0.5) is 5.82 Å². The average Bonchev–Trinajstić information content (AvgIpc) is 2.38. The second-order valence-electron chi connectivity index (χ2n) is 5.18. The highest BCUT2D eigenvalue weighted by Gasteiger charge is 2.27. The molecule has 1 fully saturated rings. The molecule has 17 heavy (non-hydrogen) atoms. The van der Waals surface area contributed by atoms with Crippen LogP contribution in [-0.2, 0) is 0 Å². The summed E-state index contributed by atoms with van der Waals surface area (Å²) in [5.41, 5.74) is 2.85. The predicted molar refractivity (Wildman–Crippen MR) is 68.7 cm³/mol. The fraction of sp³-hybridized carbons (Fsp3) is 0.615. The zero-order chi connectivity index (χ0) is 12.1. The molecule has 2 rings (SSSR count). The summed E-state index contributed by atoms with van der Waals surface area (Å²) in [5, 5.41) is 0. The Balaban J connectivity index is 1.92. The molecule has 94 valence electrons. The maximum atomic E-state index is 5.86. The first-order valence-electron chi connectivity index (χ1n) is 6.27. The van der Waals surface area contributed by atoms with E-state index in [1.807, 2.05) is 12.1 Å². The molecule has 0 amide bonds. The van der Waals surface area contributed by atoms with Crippen molar-refractivity contribution in [1.29, 1.82) is 0 Å². The molecule has 0 spiro atoms. The van der Waals surface area contributed by atoms with Crippen molar-refractivity contribution in [3.63, 3.8) is 0 Å². The number of nitrogens with one attached hydrogen (secondary N) is 1. The predicted octanol–water partition coefficient (Wildman–Crippen LogP) is 2.72. The van der Waals surface area contributed by atoms with Gasteiger partial charge in [-0.25, -0.2) is 10.8 Å². The number of pyridine rings is 1. The minimum Gasteiger partial charge on any atom is -0.493 e. The highest BCUT2D eigenvalue weighted by atomic mass is 16.5. The van der Waals surface area contributed by atoms with Gasteiger partial charge in [0.25, 0.3) is 0 Å². The third kappa shape index (κ3) is 3.33. The van der Waals surface area contributed by atoms with E-state index in [0.717, 1.165) is 12.4 Å². The molecule has 1 aliphatic rings. The summed E-state index contributed by atoms with van der Waals surface area (Å²) in [4.78, 5) is 4.05. The third-order valence-corrected chi connectivity index (χ3v) is 3.53. The second kappa shape index (κ2) is 5.36. The van der Waals surface area contributed by atoms with Crippen molar-refractivity contribution in [2.24, 2.45) is 11.3 Å². The molecule has 0 atom stereocenters. The van der Waals surface area contributed by atoms with Gasteiger partial charge in [-0.15, -0.1) is 0 Å². The van der Waals surface area contributed by atoms with Gasteiger partial charge in [0.1, 0.15) is 11.6 Å². The molecule has 0 aromatic carbocycles. The van der Waals surface area contributed by atoms with Gasteiger partial charge in [-0.3, -0.25) is 0 Å². The van der Waals surface area contributed by atoms with Gasteiger partial charge in [-0.2, -0.15) is 0 Å². The standard InChI is InChI=1S/C13H21N3O/c1-13(6-3-2-4-7-13)10-17-11-5-8-15-12(9-11)16-14/h5,8-9H,2-4,6-7,10,14H2,1H3,(H,15,16). The minimum atomic E-state index is 0.331. The fourth-order valence-corrected chi connectivity index (χ4v) is 2.39. The summed E-state index contributed by atoms with van der Waals surface area (Å²) in [7, 11) is 0. The lowest BCUT2D eigenvalue weighted by Crippen LogP contribution is -2.27.